The normalized spacial score (nSPS) is 18.7. The second-order valence-corrected chi connectivity index (χ2v) is 6.67. The van der Waals surface area contributed by atoms with Crippen LogP contribution in [0, 0.1) is 0 Å². The molecule has 1 amide bonds. The Bertz CT molecular complexity index is 787. The third kappa shape index (κ3) is 3.34. The summed E-state index contributed by atoms with van der Waals surface area (Å²) < 4.78 is 16.5. The smallest absolute Gasteiger partial charge is 0.227 e. The fraction of sp³-hybridized carbons (Fsp3) is 0.381. The Morgan fingerprint density at radius 3 is 2.65 bits per heavy atom. The van der Waals surface area contributed by atoms with Crippen LogP contribution in [0.1, 0.15) is 30.0 Å². The highest BCUT2D eigenvalue weighted by molar-refractivity contribution is 5.79. The molecule has 2 aliphatic heterocycles. The number of methoxy groups -OCH3 is 1. The van der Waals surface area contributed by atoms with Crippen LogP contribution in [-0.4, -0.2) is 37.7 Å². The van der Waals surface area contributed by atoms with Gasteiger partial charge < -0.3 is 19.1 Å². The van der Waals surface area contributed by atoms with Crippen LogP contribution in [0.4, 0.5) is 0 Å². The van der Waals surface area contributed by atoms with Crippen molar-refractivity contribution in [1.29, 1.82) is 0 Å². The molecular formula is C21H23NO4. The number of fused-ring (bicyclic) bond motifs is 1. The second kappa shape index (κ2) is 7.28. The summed E-state index contributed by atoms with van der Waals surface area (Å²) in [4.78, 5) is 14.9. The van der Waals surface area contributed by atoms with Gasteiger partial charge in [-0.15, -0.1) is 0 Å². The molecule has 1 unspecified atom stereocenters. The van der Waals surface area contributed by atoms with Crippen molar-refractivity contribution in [1.82, 2.24) is 4.90 Å². The Morgan fingerprint density at radius 1 is 1.12 bits per heavy atom. The number of nitrogens with zero attached hydrogens (tertiary/aromatic N) is 1. The number of ether oxygens (including phenoxy) is 3. The molecule has 2 aromatic rings. The van der Waals surface area contributed by atoms with Gasteiger partial charge in [0.2, 0.25) is 5.91 Å². The van der Waals surface area contributed by atoms with Crippen molar-refractivity contribution in [2.45, 2.75) is 25.3 Å². The lowest BCUT2D eigenvalue weighted by Gasteiger charge is -2.27. The van der Waals surface area contributed by atoms with Crippen LogP contribution in [0.2, 0.25) is 0 Å². The van der Waals surface area contributed by atoms with Crippen molar-refractivity contribution in [3.8, 4) is 17.2 Å². The quantitative estimate of drug-likeness (QED) is 0.846. The molecule has 2 aromatic carbocycles. The molecule has 1 atom stereocenters. The molecule has 0 aromatic heterocycles. The van der Waals surface area contributed by atoms with E-state index in [4.69, 9.17) is 14.2 Å². The zero-order valence-electron chi connectivity index (χ0n) is 14.9. The van der Waals surface area contributed by atoms with Gasteiger partial charge in [0.05, 0.1) is 19.6 Å². The van der Waals surface area contributed by atoms with E-state index < -0.39 is 0 Å². The van der Waals surface area contributed by atoms with Crippen molar-refractivity contribution in [2.75, 3.05) is 26.9 Å². The molecule has 0 saturated carbocycles. The van der Waals surface area contributed by atoms with Crippen molar-refractivity contribution < 1.29 is 19.0 Å². The summed E-state index contributed by atoms with van der Waals surface area (Å²) in [6, 6.07) is 13.8. The first-order valence-corrected chi connectivity index (χ1v) is 9.06. The van der Waals surface area contributed by atoms with Crippen LogP contribution < -0.4 is 14.2 Å². The Morgan fingerprint density at radius 2 is 1.88 bits per heavy atom. The van der Waals surface area contributed by atoms with E-state index in [0.717, 1.165) is 47.8 Å². The largest absolute Gasteiger partial charge is 0.497 e. The molecular weight excluding hydrogens is 330 g/mol. The summed E-state index contributed by atoms with van der Waals surface area (Å²) in [6.07, 6.45) is 2.41. The number of amides is 1. The third-order valence-corrected chi connectivity index (χ3v) is 5.04. The van der Waals surface area contributed by atoms with E-state index in [1.54, 1.807) is 7.11 Å². The van der Waals surface area contributed by atoms with E-state index in [9.17, 15) is 4.79 Å². The van der Waals surface area contributed by atoms with Crippen LogP contribution in [0.3, 0.4) is 0 Å². The van der Waals surface area contributed by atoms with Crippen molar-refractivity contribution in [3.63, 3.8) is 0 Å². The van der Waals surface area contributed by atoms with Gasteiger partial charge >= 0.3 is 0 Å². The molecule has 0 spiro atoms. The second-order valence-electron chi connectivity index (χ2n) is 6.67. The number of hydrogen-bond acceptors (Lipinski definition) is 4. The fourth-order valence-electron chi connectivity index (χ4n) is 3.70. The first kappa shape index (κ1) is 16.8. The van der Waals surface area contributed by atoms with Crippen molar-refractivity contribution in [2.24, 2.45) is 0 Å². The first-order valence-electron chi connectivity index (χ1n) is 9.06. The number of carbonyl (C=O) groups excluding carboxylic acids is 1. The molecule has 5 heteroatoms. The van der Waals surface area contributed by atoms with Gasteiger partial charge in [-0.2, -0.15) is 0 Å². The van der Waals surface area contributed by atoms with Crippen LogP contribution in [0.5, 0.6) is 17.2 Å². The SMILES string of the molecule is COc1ccc(CC(=O)N2CCCC2c2ccc3c(c2)OCCO3)cc1. The van der Waals surface area contributed by atoms with Crippen molar-refractivity contribution in [3.05, 3.63) is 53.6 Å². The predicted octanol–water partition coefficient (Wildman–Crippen LogP) is 3.37. The average Bonchev–Trinajstić information content (AvgIpc) is 3.18. The van der Waals surface area contributed by atoms with Crippen LogP contribution in [-0.2, 0) is 11.2 Å². The molecule has 136 valence electrons. The Balaban J connectivity index is 1.49. The van der Waals surface area contributed by atoms with Gasteiger partial charge in [-0.05, 0) is 48.2 Å². The van der Waals surface area contributed by atoms with E-state index in [-0.39, 0.29) is 11.9 Å². The summed E-state index contributed by atoms with van der Waals surface area (Å²) in [7, 11) is 1.64. The van der Waals surface area contributed by atoms with Crippen LogP contribution in [0.25, 0.3) is 0 Å². The lowest BCUT2D eigenvalue weighted by Crippen LogP contribution is -2.31. The highest BCUT2D eigenvalue weighted by atomic mass is 16.6. The molecule has 26 heavy (non-hydrogen) atoms. The maximum Gasteiger partial charge on any atom is 0.227 e. The predicted molar refractivity (Wildman–Crippen MR) is 97.8 cm³/mol. The van der Waals surface area contributed by atoms with Gasteiger partial charge in [0.1, 0.15) is 19.0 Å². The minimum Gasteiger partial charge on any atom is -0.497 e. The summed E-state index contributed by atoms with van der Waals surface area (Å²) in [5.41, 5.74) is 2.12. The monoisotopic (exact) mass is 353 g/mol. The number of likely N-dealkylation sites (tertiary alicyclic amines) is 1. The molecule has 0 aliphatic carbocycles. The number of rotatable bonds is 4. The Hall–Kier alpha value is -2.69. The van der Waals surface area contributed by atoms with Gasteiger partial charge in [0, 0.05) is 6.54 Å². The van der Waals surface area contributed by atoms with Gasteiger partial charge in [0.25, 0.3) is 0 Å². The van der Waals surface area contributed by atoms with Gasteiger partial charge in [0.15, 0.2) is 11.5 Å². The molecule has 0 radical (unpaired) electrons. The lowest BCUT2D eigenvalue weighted by molar-refractivity contribution is -0.131. The summed E-state index contributed by atoms with van der Waals surface area (Å²) in [5.74, 6) is 2.53. The van der Waals surface area contributed by atoms with E-state index in [0.29, 0.717) is 19.6 Å². The Kier molecular flexibility index (Phi) is 4.69. The minimum absolute atomic E-state index is 0.108. The minimum atomic E-state index is 0.108. The Labute approximate surface area is 153 Å². The number of benzene rings is 2. The fourth-order valence-corrected chi connectivity index (χ4v) is 3.70. The van der Waals surface area contributed by atoms with Gasteiger partial charge in [-0.1, -0.05) is 18.2 Å². The van der Waals surface area contributed by atoms with E-state index >= 15 is 0 Å². The van der Waals surface area contributed by atoms with E-state index in [1.165, 1.54) is 0 Å². The highest BCUT2D eigenvalue weighted by Gasteiger charge is 2.30. The highest BCUT2D eigenvalue weighted by Crippen LogP contribution is 2.38. The molecule has 4 rings (SSSR count). The standard InChI is InChI=1S/C21H23NO4/c1-24-17-7-4-15(5-8-17)13-21(23)22-10-2-3-18(22)16-6-9-19-20(14-16)26-12-11-25-19/h4-9,14,18H,2-3,10-13H2,1H3. The lowest BCUT2D eigenvalue weighted by atomic mass is 10.0. The molecule has 2 aliphatic rings. The molecule has 1 fully saturated rings. The zero-order chi connectivity index (χ0) is 17.9. The van der Waals surface area contributed by atoms with E-state index in [1.807, 2.05) is 41.3 Å². The molecule has 2 heterocycles. The van der Waals surface area contributed by atoms with Crippen LogP contribution >= 0.6 is 0 Å². The summed E-state index contributed by atoms with van der Waals surface area (Å²) in [6.45, 7) is 1.96. The van der Waals surface area contributed by atoms with Gasteiger partial charge in [-0.3, -0.25) is 4.79 Å². The van der Waals surface area contributed by atoms with Crippen LogP contribution in [0.15, 0.2) is 42.5 Å². The third-order valence-electron chi connectivity index (χ3n) is 5.04. The maximum absolute atomic E-state index is 12.9. The van der Waals surface area contributed by atoms with Gasteiger partial charge in [-0.25, -0.2) is 0 Å². The molecule has 5 nitrogen and oxygen atoms in total. The first-order chi connectivity index (χ1) is 12.7. The van der Waals surface area contributed by atoms with E-state index in [2.05, 4.69) is 6.07 Å². The summed E-state index contributed by atoms with van der Waals surface area (Å²) >= 11 is 0. The molecule has 1 saturated heterocycles. The zero-order valence-corrected chi connectivity index (χ0v) is 14.9. The molecule has 0 N–H and O–H groups in total. The topological polar surface area (TPSA) is 48.0 Å². The number of hydrogen-bond donors (Lipinski definition) is 0. The molecule has 0 bridgehead atoms. The summed E-state index contributed by atoms with van der Waals surface area (Å²) in [5, 5.41) is 0. The van der Waals surface area contributed by atoms with Crippen molar-refractivity contribution >= 4 is 5.91 Å². The maximum atomic E-state index is 12.9. The number of carbonyl (C=O) groups is 1. The average molecular weight is 353 g/mol.